The lowest BCUT2D eigenvalue weighted by Gasteiger charge is -2.18. The van der Waals surface area contributed by atoms with E-state index < -0.39 is 6.10 Å². The Kier molecular flexibility index (Phi) is 57.2. The lowest BCUT2D eigenvalue weighted by molar-refractivity contribution is -0.166. The standard InChI is InChI=1S/C65H116O6/c1-4-7-10-13-16-19-22-25-28-30-32-34-37-39-42-45-48-51-54-57-63(66)69-60-62(71-65(68)59-56-53-50-47-44-41-36-27-24-21-18-15-12-9-6-3)61-70-64(67)58-55-52-49-46-43-40-38-35-33-31-29-26-23-20-17-14-11-8-5-2/h16,19,25,28,32,34,39,42,48,51,62H,4-15,17-18,20-24,26-27,29-31,33,35-38,40-41,43-47,49-50,52-61H2,1-3H3/b19-16-,28-25-,34-32-,42-39-,51-48-/t62-/m1/s1. The number of hydrogen-bond acceptors (Lipinski definition) is 6. The van der Waals surface area contributed by atoms with Crippen LogP contribution in [0.15, 0.2) is 60.8 Å². The molecule has 0 aliphatic rings. The molecule has 6 nitrogen and oxygen atoms in total. The molecule has 0 amide bonds. The Balaban J connectivity index is 4.42. The van der Waals surface area contributed by atoms with Gasteiger partial charge in [-0.15, -0.1) is 0 Å². The molecular formula is C65H116O6. The predicted molar refractivity (Wildman–Crippen MR) is 307 cm³/mol. The first kappa shape index (κ1) is 68.1. The first-order valence-corrected chi connectivity index (χ1v) is 30.8. The van der Waals surface area contributed by atoms with E-state index in [9.17, 15) is 14.4 Å². The van der Waals surface area contributed by atoms with E-state index in [-0.39, 0.29) is 37.5 Å². The van der Waals surface area contributed by atoms with Crippen LogP contribution in [0.2, 0.25) is 0 Å². The van der Waals surface area contributed by atoms with Gasteiger partial charge in [-0.3, -0.25) is 14.4 Å². The Morgan fingerprint density at radius 1 is 0.282 bits per heavy atom. The van der Waals surface area contributed by atoms with Gasteiger partial charge in [-0.2, -0.15) is 0 Å². The molecule has 0 aliphatic carbocycles. The second kappa shape index (κ2) is 59.7. The summed E-state index contributed by atoms with van der Waals surface area (Å²) in [4.78, 5) is 38.2. The third-order valence-electron chi connectivity index (χ3n) is 13.5. The summed E-state index contributed by atoms with van der Waals surface area (Å²) in [6, 6.07) is 0. The molecule has 0 spiro atoms. The number of allylic oxidation sites excluding steroid dienone is 10. The SMILES string of the molecule is CCCCC/C=C\C/C=C\C/C=C\C/C=C\C/C=C\CCC(=O)OC[C@H](COC(=O)CCCCCCCCCCCCCCCCCCCCC)OC(=O)CCCCCCCCCCCCCCCCC. The van der Waals surface area contributed by atoms with E-state index in [1.807, 2.05) is 6.08 Å². The molecule has 0 aromatic carbocycles. The lowest BCUT2D eigenvalue weighted by atomic mass is 10.0. The Morgan fingerprint density at radius 3 is 0.873 bits per heavy atom. The van der Waals surface area contributed by atoms with Gasteiger partial charge in [0.2, 0.25) is 0 Å². The van der Waals surface area contributed by atoms with Crippen LogP contribution in [-0.4, -0.2) is 37.2 Å². The van der Waals surface area contributed by atoms with Crippen molar-refractivity contribution in [3.8, 4) is 0 Å². The maximum absolute atomic E-state index is 12.9. The normalized spacial score (nSPS) is 12.4. The highest BCUT2D eigenvalue weighted by Gasteiger charge is 2.19. The monoisotopic (exact) mass is 993 g/mol. The van der Waals surface area contributed by atoms with Crippen LogP contribution >= 0.6 is 0 Å². The van der Waals surface area contributed by atoms with Gasteiger partial charge in [0.15, 0.2) is 6.10 Å². The molecule has 412 valence electrons. The van der Waals surface area contributed by atoms with E-state index in [2.05, 4.69) is 75.5 Å². The summed E-state index contributed by atoms with van der Waals surface area (Å²) >= 11 is 0. The van der Waals surface area contributed by atoms with Crippen molar-refractivity contribution in [2.45, 2.75) is 322 Å². The molecule has 0 radical (unpaired) electrons. The summed E-state index contributed by atoms with van der Waals surface area (Å²) in [5.74, 6) is -0.960. The summed E-state index contributed by atoms with van der Waals surface area (Å²) in [6.07, 6.45) is 75.1. The zero-order valence-electron chi connectivity index (χ0n) is 47.2. The molecule has 1 atom stereocenters. The third-order valence-corrected chi connectivity index (χ3v) is 13.5. The summed E-state index contributed by atoms with van der Waals surface area (Å²) in [7, 11) is 0. The molecule has 0 aliphatic heterocycles. The van der Waals surface area contributed by atoms with Gasteiger partial charge in [0.25, 0.3) is 0 Å². The molecular weight excluding hydrogens is 877 g/mol. The molecule has 0 heterocycles. The molecule has 0 fully saturated rings. The van der Waals surface area contributed by atoms with E-state index in [1.165, 1.54) is 205 Å². The topological polar surface area (TPSA) is 78.9 Å². The molecule has 0 N–H and O–H groups in total. The van der Waals surface area contributed by atoms with Crippen LogP contribution in [0, 0.1) is 0 Å². The molecule has 71 heavy (non-hydrogen) atoms. The number of hydrogen-bond donors (Lipinski definition) is 0. The number of carbonyl (C=O) groups is 3. The molecule has 0 aromatic rings. The van der Waals surface area contributed by atoms with E-state index in [0.717, 1.165) is 64.2 Å². The minimum atomic E-state index is -0.801. The number of ether oxygens (including phenoxy) is 3. The van der Waals surface area contributed by atoms with E-state index in [0.29, 0.717) is 19.3 Å². The Hall–Kier alpha value is -2.89. The largest absolute Gasteiger partial charge is 0.462 e. The highest BCUT2D eigenvalue weighted by molar-refractivity contribution is 5.71. The van der Waals surface area contributed by atoms with Crippen LogP contribution in [0.1, 0.15) is 316 Å². The van der Waals surface area contributed by atoms with E-state index in [4.69, 9.17) is 14.2 Å². The van der Waals surface area contributed by atoms with E-state index in [1.54, 1.807) is 0 Å². The Morgan fingerprint density at radius 2 is 0.535 bits per heavy atom. The first-order valence-electron chi connectivity index (χ1n) is 30.8. The van der Waals surface area contributed by atoms with Crippen molar-refractivity contribution in [1.82, 2.24) is 0 Å². The van der Waals surface area contributed by atoms with Crippen molar-refractivity contribution in [1.29, 1.82) is 0 Å². The maximum atomic E-state index is 12.9. The minimum Gasteiger partial charge on any atom is -0.462 e. The lowest BCUT2D eigenvalue weighted by Crippen LogP contribution is -2.30. The fraction of sp³-hybridized carbons (Fsp3) is 0.800. The summed E-state index contributed by atoms with van der Waals surface area (Å²) < 4.78 is 16.8. The highest BCUT2D eigenvalue weighted by Crippen LogP contribution is 2.17. The van der Waals surface area contributed by atoms with Crippen molar-refractivity contribution in [3.63, 3.8) is 0 Å². The number of carbonyl (C=O) groups excluding carboxylic acids is 3. The second-order valence-corrected chi connectivity index (χ2v) is 20.6. The first-order chi connectivity index (χ1) is 35.0. The van der Waals surface area contributed by atoms with Crippen molar-refractivity contribution in [3.05, 3.63) is 60.8 Å². The quantitative estimate of drug-likeness (QED) is 0.0261. The number of esters is 3. The zero-order valence-corrected chi connectivity index (χ0v) is 47.2. The molecule has 0 bridgehead atoms. The number of unbranched alkanes of at least 4 members (excludes halogenated alkanes) is 35. The summed E-state index contributed by atoms with van der Waals surface area (Å²) in [5.41, 5.74) is 0. The predicted octanol–water partition coefficient (Wildman–Crippen LogP) is 20.8. The minimum absolute atomic E-state index is 0.0924. The fourth-order valence-corrected chi connectivity index (χ4v) is 8.90. The van der Waals surface area contributed by atoms with Crippen LogP contribution in [0.3, 0.4) is 0 Å². The second-order valence-electron chi connectivity index (χ2n) is 20.6. The van der Waals surface area contributed by atoms with Crippen molar-refractivity contribution < 1.29 is 28.6 Å². The van der Waals surface area contributed by atoms with Crippen molar-refractivity contribution >= 4 is 17.9 Å². The van der Waals surface area contributed by atoms with Gasteiger partial charge in [0, 0.05) is 19.3 Å². The molecule has 0 saturated heterocycles. The average molecular weight is 994 g/mol. The van der Waals surface area contributed by atoms with Gasteiger partial charge in [-0.1, -0.05) is 300 Å². The Bertz CT molecular complexity index is 1280. The van der Waals surface area contributed by atoms with Gasteiger partial charge in [0.1, 0.15) is 13.2 Å². The fourth-order valence-electron chi connectivity index (χ4n) is 8.90. The summed E-state index contributed by atoms with van der Waals surface area (Å²) in [5, 5.41) is 0. The van der Waals surface area contributed by atoms with Crippen molar-refractivity contribution in [2.24, 2.45) is 0 Å². The highest BCUT2D eigenvalue weighted by atomic mass is 16.6. The zero-order chi connectivity index (χ0) is 51.4. The van der Waals surface area contributed by atoms with Crippen LogP contribution in [-0.2, 0) is 28.6 Å². The van der Waals surface area contributed by atoms with Gasteiger partial charge >= 0.3 is 17.9 Å². The molecule has 0 aromatic heterocycles. The van der Waals surface area contributed by atoms with Crippen LogP contribution in [0.25, 0.3) is 0 Å². The van der Waals surface area contributed by atoms with Gasteiger partial charge in [0.05, 0.1) is 0 Å². The smallest absolute Gasteiger partial charge is 0.306 e. The molecule has 6 heteroatoms. The number of rotatable bonds is 56. The van der Waals surface area contributed by atoms with Gasteiger partial charge < -0.3 is 14.2 Å². The van der Waals surface area contributed by atoms with Crippen LogP contribution < -0.4 is 0 Å². The molecule has 0 rings (SSSR count). The molecule has 0 unspecified atom stereocenters. The Labute approximate surface area is 440 Å². The third kappa shape index (κ3) is 57.9. The average Bonchev–Trinajstić information content (AvgIpc) is 3.37. The maximum Gasteiger partial charge on any atom is 0.306 e. The van der Waals surface area contributed by atoms with Crippen LogP contribution in [0.5, 0.6) is 0 Å². The van der Waals surface area contributed by atoms with Gasteiger partial charge in [-0.05, 0) is 57.8 Å². The van der Waals surface area contributed by atoms with Crippen LogP contribution in [0.4, 0.5) is 0 Å². The van der Waals surface area contributed by atoms with E-state index >= 15 is 0 Å². The molecule has 0 saturated carbocycles. The summed E-state index contributed by atoms with van der Waals surface area (Å²) in [6.45, 7) is 6.60. The van der Waals surface area contributed by atoms with Crippen molar-refractivity contribution in [2.75, 3.05) is 13.2 Å². The van der Waals surface area contributed by atoms with Gasteiger partial charge in [-0.25, -0.2) is 0 Å².